The molecule has 4 aliphatic heterocycles. The number of ether oxygens (including phenoxy) is 3. The van der Waals surface area contributed by atoms with Crippen LogP contribution in [-0.2, 0) is 9.53 Å². The van der Waals surface area contributed by atoms with E-state index in [1.807, 2.05) is 72.8 Å². The second kappa shape index (κ2) is 10.5. The number of nitrogens with zero attached hydrogens (tertiary/aromatic N) is 1. The van der Waals surface area contributed by atoms with E-state index in [1.165, 1.54) is 0 Å². The lowest BCUT2D eigenvalue weighted by Gasteiger charge is -2.51. The second-order valence-corrected chi connectivity index (χ2v) is 10.6. The van der Waals surface area contributed by atoms with Crippen LogP contribution < -0.4 is 14.8 Å². The molecule has 0 radical (unpaired) electrons. The Hall–Kier alpha value is -3.84. The molecular formula is C31H33N2O5+. The monoisotopic (exact) mass is 513 g/mol. The molecule has 2 bridgehead atoms. The smallest absolute Gasteiger partial charge is 0.333 e. The van der Waals surface area contributed by atoms with Crippen LogP contribution in [0.1, 0.15) is 34.8 Å². The van der Waals surface area contributed by atoms with Gasteiger partial charge in [-0.15, -0.1) is 0 Å². The van der Waals surface area contributed by atoms with E-state index >= 15 is 0 Å². The van der Waals surface area contributed by atoms with Crippen molar-refractivity contribution in [3.63, 3.8) is 0 Å². The van der Waals surface area contributed by atoms with Gasteiger partial charge in [0.25, 0.3) is 0 Å². The van der Waals surface area contributed by atoms with Crippen LogP contribution in [0.2, 0.25) is 0 Å². The average Bonchev–Trinajstić information content (AvgIpc) is 2.97. The minimum absolute atomic E-state index is 0.0836. The quantitative estimate of drug-likeness (QED) is 0.269. The summed E-state index contributed by atoms with van der Waals surface area (Å²) >= 11 is 0. The van der Waals surface area contributed by atoms with E-state index in [0.717, 1.165) is 37.2 Å². The molecule has 7 rings (SSSR count). The van der Waals surface area contributed by atoms with Crippen molar-refractivity contribution in [2.75, 3.05) is 44.7 Å². The Morgan fingerprint density at radius 1 is 0.895 bits per heavy atom. The number of rotatable bonds is 8. The number of ketones is 1. The highest BCUT2D eigenvalue weighted by atomic mass is 16.6. The van der Waals surface area contributed by atoms with Crippen molar-refractivity contribution in [3.05, 3.63) is 90.0 Å². The Kier molecular flexibility index (Phi) is 6.77. The topological polar surface area (TPSA) is 73.9 Å². The summed E-state index contributed by atoms with van der Waals surface area (Å²) in [6.07, 6.45) is 1.70. The predicted molar refractivity (Wildman–Crippen MR) is 143 cm³/mol. The van der Waals surface area contributed by atoms with Crippen molar-refractivity contribution in [2.45, 2.75) is 25.0 Å². The second-order valence-electron chi connectivity index (χ2n) is 10.6. The number of benzene rings is 3. The molecule has 3 aromatic rings. The zero-order valence-electron chi connectivity index (χ0n) is 21.4. The fraction of sp³-hybridized carbons (Fsp3) is 0.355. The Morgan fingerprint density at radius 3 is 2.32 bits per heavy atom. The third-order valence-corrected chi connectivity index (χ3v) is 8.11. The van der Waals surface area contributed by atoms with Crippen LogP contribution in [0.3, 0.4) is 0 Å². The number of nitrogens with one attached hydrogen (secondary N) is 1. The number of carbonyl (C=O) groups excluding carboxylic acids is 2. The molecule has 4 aliphatic rings. The third kappa shape index (κ3) is 5.11. The van der Waals surface area contributed by atoms with Crippen molar-refractivity contribution in [2.24, 2.45) is 5.92 Å². The lowest BCUT2D eigenvalue weighted by molar-refractivity contribution is -0.938. The number of hydrogen-bond donors (Lipinski definition) is 1. The lowest BCUT2D eigenvalue weighted by Crippen LogP contribution is -2.65. The van der Waals surface area contributed by atoms with Gasteiger partial charge in [-0.05, 0) is 35.9 Å². The van der Waals surface area contributed by atoms with E-state index in [0.29, 0.717) is 53.8 Å². The third-order valence-electron chi connectivity index (χ3n) is 8.11. The predicted octanol–water partition coefficient (Wildman–Crippen LogP) is 4.65. The maximum Gasteiger partial charge on any atom is 0.333 e. The maximum atomic E-state index is 13.6. The van der Waals surface area contributed by atoms with Crippen LogP contribution in [0, 0.1) is 5.92 Å². The highest BCUT2D eigenvalue weighted by molar-refractivity contribution is 5.97. The van der Waals surface area contributed by atoms with E-state index in [9.17, 15) is 9.59 Å². The van der Waals surface area contributed by atoms with E-state index in [-0.39, 0.29) is 17.9 Å². The minimum atomic E-state index is -0.609. The van der Waals surface area contributed by atoms with E-state index in [2.05, 4.69) is 5.32 Å². The summed E-state index contributed by atoms with van der Waals surface area (Å²) < 4.78 is 18.2. The van der Waals surface area contributed by atoms with Crippen molar-refractivity contribution in [1.82, 2.24) is 0 Å². The largest absolute Gasteiger partial charge is 0.486 e. The summed E-state index contributed by atoms with van der Waals surface area (Å²) in [5, 5.41) is 3.36. The summed E-state index contributed by atoms with van der Waals surface area (Å²) in [7, 11) is 0. The highest BCUT2D eigenvalue weighted by Crippen LogP contribution is 2.37. The van der Waals surface area contributed by atoms with Crippen LogP contribution in [0.4, 0.5) is 5.69 Å². The van der Waals surface area contributed by atoms with Gasteiger partial charge in [-0.3, -0.25) is 4.79 Å². The van der Waals surface area contributed by atoms with Gasteiger partial charge in [-0.1, -0.05) is 48.5 Å². The highest BCUT2D eigenvalue weighted by Gasteiger charge is 2.49. The number of fused-ring (bicyclic) bond motifs is 4. The van der Waals surface area contributed by atoms with E-state index < -0.39 is 6.04 Å². The zero-order chi connectivity index (χ0) is 26.0. The number of hydrogen-bond acceptors (Lipinski definition) is 6. The molecule has 7 heteroatoms. The number of piperidine rings is 3. The maximum absolute atomic E-state index is 13.6. The first-order valence-corrected chi connectivity index (χ1v) is 13.4. The Morgan fingerprint density at radius 2 is 1.58 bits per heavy atom. The fourth-order valence-corrected chi connectivity index (χ4v) is 6.03. The van der Waals surface area contributed by atoms with Gasteiger partial charge in [-0.2, -0.15) is 0 Å². The van der Waals surface area contributed by atoms with Crippen LogP contribution in [0.5, 0.6) is 11.5 Å². The standard InChI is InChI=1S/C31H33N2O5/c34-26(24-11-12-27-28(19-24)37-18-17-36-27)20-33-15-13-22(14-16-33)29(21-33)38-31(35)30(23-7-3-1-4-8-23)32-25-9-5-2-6-10-25/h1-12,19,22,29-30,32H,13-18,20-21H2/q+1/t22?,29-,30+,33?/m0/s1. The molecule has 0 saturated carbocycles. The van der Waals surface area contributed by atoms with Crippen molar-refractivity contribution in [3.8, 4) is 11.5 Å². The molecule has 0 amide bonds. The van der Waals surface area contributed by atoms with Gasteiger partial charge in [0.15, 0.2) is 23.6 Å². The number of para-hydroxylation sites is 1. The number of carbonyl (C=O) groups is 2. The lowest BCUT2D eigenvalue weighted by atomic mass is 9.82. The van der Waals surface area contributed by atoms with E-state index in [4.69, 9.17) is 14.2 Å². The van der Waals surface area contributed by atoms with Crippen LogP contribution in [-0.4, -0.2) is 61.7 Å². The molecule has 3 aromatic carbocycles. The molecule has 0 aliphatic carbocycles. The molecule has 0 unspecified atom stereocenters. The van der Waals surface area contributed by atoms with Crippen LogP contribution >= 0.6 is 0 Å². The molecule has 4 heterocycles. The van der Waals surface area contributed by atoms with E-state index in [1.54, 1.807) is 6.07 Å². The Balaban J connectivity index is 1.16. The van der Waals surface area contributed by atoms with Gasteiger partial charge in [0.2, 0.25) is 5.78 Å². The summed E-state index contributed by atoms with van der Waals surface area (Å²) in [6.45, 7) is 3.93. The molecule has 38 heavy (non-hydrogen) atoms. The van der Waals surface area contributed by atoms with Gasteiger partial charge in [0.1, 0.15) is 26.3 Å². The molecule has 196 valence electrons. The molecule has 2 atom stereocenters. The molecular weight excluding hydrogens is 480 g/mol. The Labute approximate surface area is 222 Å². The first kappa shape index (κ1) is 24.5. The van der Waals surface area contributed by atoms with Crippen molar-refractivity contribution < 1.29 is 28.3 Å². The molecule has 3 saturated heterocycles. The minimum Gasteiger partial charge on any atom is -0.486 e. The summed E-state index contributed by atoms with van der Waals surface area (Å²) in [5.41, 5.74) is 2.36. The SMILES string of the molecule is O=C(C[N+]12CCC(CC1)[C@@H](OC(=O)[C@H](Nc1ccccc1)c1ccccc1)C2)c1ccc2c(c1)OCCO2. The van der Waals surface area contributed by atoms with Gasteiger partial charge in [0.05, 0.1) is 13.1 Å². The number of quaternary nitrogens is 1. The normalized spacial score (nSPS) is 24.3. The molecule has 1 N–H and O–H groups in total. The van der Waals surface area contributed by atoms with Crippen molar-refractivity contribution in [1.29, 1.82) is 0 Å². The first-order chi connectivity index (χ1) is 18.6. The van der Waals surface area contributed by atoms with Crippen LogP contribution in [0.15, 0.2) is 78.9 Å². The first-order valence-electron chi connectivity index (χ1n) is 13.4. The van der Waals surface area contributed by atoms with Gasteiger partial charge in [-0.25, -0.2) is 4.79 Å². The average molecular weight is 514 g/mol. The van der Waals surface area contributed by atoms with Crippen LogP contribution in [0.25, 0.3) is 0 Å². The molecule has 3 fully saturated rings. The fourth-order valence-electron chi connectivity index (χ4n) is 6.03. The van der Waals surface area contributed by atoms with Crippen molar-refractivity contribution >= 4 is 17.4 Å². The van der Waals surface area contributed by atoms with Gasteiger partial charge >= 0.3 is 5.97 Å². The molecule has 0 spiro atoms. The number of Topliss-reactive ketones (excluding diaryl/α,β-unsaturated/α-hetero) is 1. The molecule has 7 nitrogen and oxygen atoms in total. The summed E-state index contributed by atoms with van der Waals surface area (Å²) in [6, 6.07) is 24.2. The number of anilines is 1. The number of esters is 1. The zero-order valence-corrected chi connectivity index (χ0v) is 21.4. The van der Waals surface area contributed by atoms with Gasteiger partial charge in [0, 0.05) is 30.0 Å². The summed E-state index contributed by atoms with van der Waals surface area (Å²) in [5.74, 6) is 1.44. The summed E-state index contributed by atoms with van der Waals surface area (Å²) in [4.78, 5) is 27.0. The molecule has 0 aromatic heterocycles. The van der Waals surface area contributed by atoms with Gasteiger partial charge < -0.3 is 24.0 Å². The Bertz CT molecular complexity index is 1290.